The highest BCUT2D eigenvalue weighted by Gasteiger charge is 2.20. The Labute approximate surface area is 113 Å². The monoisotopic (exact) mass is 264 g/mol. The topological polar surface area (TPSA) is 62.7 Å². The van der Waals surface area contributed by atoms with Crippen LogP contribution in [0.5, 0.6) is 0 Å². The van der Waals surface area contributed by atoms with Crippen LogP contribution >= 0.6 is 0 Å². The van der Waals surface area contributed by atoms with Crippen LogP contribution in [-0.2, 0) is 11.3 Å². The van der Waals surface area contributed by atoms with Crippen molar-refractivity contribution in [3.63, 3.8) is 0 Å². The normalized spacial score (nSPS) is 20.4. The van der Waals surface area contributed by atoms with E-state index in [2.05, 4.69) is 9.88 Å². The molecule has 5 heteroatoms. The number of aromatic carboxylic acids is 1. The highest BCUT2D eigenvalue weighted by atomic mass is 16.5. The van der Waals surface area contributed by atoms with E-state index in [-0.39, 0.29) is 5.56 Å². The molecule has 0 aromatic carbocycles. The lowest BCUT2D eigenvalue weighted by Gasteiger charge is -2.32. The fourth-order valence-corrected chi connectivity index (χ4v) is 2.40. The predicted octanol–water partition coefficient (Wildman–Crippen LogP) is 1.78. The van der Waals surface area contributed by atoms with Gasteiger partial charge in [-0.3, -0.25) is 9.88 Å². The van der Waals surface area contributed by atoms with Crippen LogP contribution in [0.1, 0.15) is 35.8 Å². The lowest BCUT2D eigenvalue weighted by Crippen LogP contribution is -2.39. The molecule has 1 aliphatic rings. The number of likely N-dealkylation sites (tertiary alicyclic amines) is 1. The molecule has 1 N–H and O–H groups in total. The minimum Gasteiger partial charge on any atom is -0.478 e. The van der Waals surface area contributed by atoms with Gasteiger partial charge in [0.05, 0.1) is 17.4 Å². The molecule has 1 aromatic heterocycles. The van der Waals surface area contributed by atoms with Gasteiger partial charge < -0.3 is 9.84 Å². The number of rotatable bonds is 5. The van der Waals surface area contributed by atoms with Gasteiger partial charge in [-0.05, 0) is 38.4 Å². The molecule has 5 nitrogen and oxygen atoms in total. The van der Waals surface area contributed by atoms with Gasteiger partial charge in [0.1, 0.15) is 0 Å². The van der Waals surface area contributed by atoms with Gasteiger partial charge in [-0.2, -0.15) is 0 Å². The first-order valence-electron chi connectivity index (χ1n) is 6.71. The molecule has 104 valence electrons. The molecule has 0 aliphatic carbocycles. The van der Waals surface area contributed by atoms with Crippen LogP contribution in [0.2, 0.25) is 0 Å². The summed E-state index contributed by atoms with van der Waals surface area (Å²) < 4.78 is 5.66. The number of aromatic nitrogens is 1. The van der Waals surface area contributed by atoms with Crippen molar-refractivity contribution in [3.8, 4) is 0 Å². The van der Waals surface area contributed by atoms with E-state index in [1.54, 1.807) is 12.1 Å². The SMILES string of the molecule is CCOC1CCCN(Cc2ccc(C(=O)O)cn2)C1. The summed E-state index contributed by atoms with van der Waals surface area (Å²) in [6.07, 6.45) is 3.99. The van der Waals surface area contributed by atoms with E-state index in [0.717, 1.165) is 44.8 Å². The number of hydrogen-bond donors (Lipinski definition) is 1. The zero-order valence-corrected chi connectivity index (χ0v) is 11.2. The third-order valence-electron chi connectivity index (χ3n) is 3.32. The second kappa shape index (κ2) is 6.63. The zero-order valence-electron chi connectivity index (χ0n) is 11.2. The Balaban J connectivity index is 1.91. The van der Waals surface area contributed by atoms with Gasteiger partial charge in [-0.25, -0.2) is 4.79 Å². The number of piperidine rings is 1. The molecule has 0 saturated carbocycles. The van der Waals surface area contributed by atoms with E-state index in [9.17, 15) is 4.79 Å². The van der Waals surface area contributed by atoms with Crippen molar-refractivity contribution in [3.05, 3.63) is 29.6 Å². The maximum Gasteiger partial charge on any atom is 0.337 e. The van der Waals surface area contributed by atoms with E-state index in [4.69, 9.17) is 9.84 Å². The van der Waals surface area contributed by atoms with Crippen LogP contribution in [0.25, 0.3) is 0 Å². The van der Waals surface area contributed by atoms with Crippen LogP contribution in [0, 0.1) is 0 Å². The first-order chi connectivity index (χ1) is 9.19. The Kier molecular flexibility index (Phi) is 4.87. The van der Waals surface area contributed by atoms with Crippen molar-refractivity contribution in [2.45, 2.75) is 32.4 Å². The lowest BCUT2D eigenvalue weighted by atomic mass is 10.1. The Morgan fingerprint density at radius 1 is 1.58 bits per heavy atom. The average molecular weight is 264 g/mol. The van der Waals surface area contributed by atoms with Crippen LogP contribution in [0.3, 0.4) is 0 Å². The molecule has 1 aliphatic heterocycles. The molecule has 2 heterocycles. The van der Waals surface area contributed by atoms with Crippen LogP contribution < -0.4 is 0 Å². The highest BCUT2D eigenvalue weighted by Crippen LogP contribution is 2.15. The third-order valence-corrected chi connectivity index (χ3v) is 3.32. The van der Waals surface area contributed by atoms with Gasteiger partial charge in [-0.1, -0.05) is 0 Å². The number of carboxylic acids is 1. The van der Waals surface area contributed by atoms with Crippen molar-refractivity contribution >= 4 is 5.97 Å². The van der Waals surface area contributed by atoms with E-state index in [0.29, 0.717) is 6.10 Å². The first kappa shape index (κ1) is 14.0. The fraction of sp³-hybridized carbons (Fsp3) is 0.571. The molecule has 2 rings (SSSR count). The van der Waals surface area contributed by atoms with Crippen molar-refractivity contribution < 1.29 is 14.6 Å². The van der Waals surface area contributed by atoms with Crippen LogP contribution in [0.15, 0.2) is 18.3 Å². The summed E-state index contributed by atoms with van der Waals surface area (Å²) in [6, 6.07) is 3.39. The van der Waals surface area contributed by atoms with Gasteiger partial charge in [0, 0.05) is 25.9 Å². The molecule has 1 aromatic rings. The number of carbonyl (C=O) groups is 1. The summed E-state index contributed by atoms with van der Waals surface area (Å²) >= 11 is 0. The molecule has 1 unspecified atom stereocenters. The third kappa shape index (κ3) is 4.01. The fourth-order valence-electron chi connectivity index (χ4n) is 2.40. The zero-order chi connectivity index (χ0) is 13.7. The first-order valence-corrected chi connectivity index (χ1v) is 6.71. The number of hydrogen-bond acceptors (Lipinski definition) is 4. The van der Waals surface area contributed by atoms with Crippen molar-refractivity contribution in [2.75, 3.05) is 19.7 Å². The molecule has 0 spiro atoms. The predicted molar refractivity (Wildman–Crippen MR) is 71.1 cm³/mol. The summed E-state index contributed by atoms with van der Waals surface area (Å²) in [5, 5.41) is 8.82. The lowest BCUT2D eigenvalue weighted by molar-refractivity contribution is 0.00332. The van der Waals surface area contributed by atoms with E-state index >= 15 is 0 Å². The molecular weight excluding hydrogens is 244 g/mol. The van der Waals surface area contributed by atoms with Gasteiger partial charge in [0.25, 0.3) is 0 Å². The van der Waals surface area contributed by atoms with Gasteiger partial charge >= 0.3 is 5.97 Å². The van der Waals surface area contributed by atoms with Crippen LogP contribution in [0.4, 0.5) is 0 Å². The summed E-state index contributed by atoms with van der Waals surface area (Å²) in [5.74, 6) is -0.937. The van der Waals surface area contributed by atoms with E-state index < -0.39 is 5.97 Å². The Hall–Kier alpha value is -1.46. The standard InChI is InChI=1S/C14H20N2O3/c1-2-19-13-4-3-7-16(10-13)9-12-6-5-11(8-15-12)14(17)18/h5-6,8,13H,2-4,7,9-10H2,1H3,(H,17,18). The van der Waals surface area contributed by atoms with Gasteiger partial charge in [-0.15, -0.1) is 0 Å². The molecule has 1 atom stereocenters. The summed E-state index contributed by atoms with van der Waals surface area (Å²) in [4.78, 5) is 17.3. The Morgan fingerprint density at radius 2 is 2.42 bits per heavy atom. The minimum atomic E-state index is -0.937. The summed E-state index contributed by atoms with van der Waals surface area (Å²) in [5.41, 5.74) is 1.14. The van der Waals surface area contributed by atoms with Crippen LogP contribution in [-0.4, -0.2) is 46.8 Å². The second-order valence-corrected chi connectivity index (χ2v) is 4.80. The quantitative estimate of drug-likeness (QED) is 0.878. The summed E-state index contributed by atoms with van der Waals surface area (Å²) in [6.45, 7) is 5.50. The molecular formula is C14H20N2O3. The minimum absolute atomic E-state index is 0.231. The number of carboxylic acid groups (broad SMARTS) is 1. The molecule has 0 radical (unpaired) electrons. The molecule has 19 heavy (non-hydrogen) atoms. The largest absolute Gasteiger partial charge is 0.478 e. The van der Waals surface area contributed by atoms with Gasteiger partial charge in [0.2, 0.25) is 0 Å². The average Bonchev–Trinajstić information content (AvgIpc) is 2.40. The Morgan fingerprint density at radius 3 is 3.05 bits per heavy atom. The number of ether oxygens (including phenoxy) is 1. The van der Waals surface area contributed by atoms with E-state index in [1.165, 1.54) is 6.20 Å². The van der Waals surface area contributed by atoms with Crippen molar-refractivity contribution in [1.82, 2.24) is 9.88 Å². The van der Waals surface area contributed by atoms with Gasteiger partial charge in [0.15, 0.2) is 0 Å². The highest BCUT2D eigenvalue weighted by molar-refractivity contribution is 5.87. The molecule has 0 bridgehead atoms. The molecule has 0 amide bonds. The van der Waals surface area contributed by atoms with Crippen molar-refractivity contribution in [1.29, 1.82) is 0 Å². The molecule has 1 fully saturated rings. The van der Waals surface area contributed by atoms with E-state index in [1.807, 2.05) is 6.92 Å². The smallest absolute Gasteiger partial charge is 0.337 e. The number of pyridine rings is 1. The summed E-state index contributed by atoms with van der Waals surface area (Å²) in [7, 11) is 0. The second-order valence-electron chi connectivity index (χ2n) is 4.80. The Bertz CT molecular complexity index is 417. The maximum absolute atomic E-state index is 10.8. The number of nitrogens with zero attached hydrogens (tertiary/aromatic N) is 2. The van der Waals surface area contributed by atoms with Crippen molar-refractivity contribution in [2.24, 2.45) is 0 Å². The maximum atomic E-state index is 10.8. The molecule has 1 saturated heterocycles.